The SMILES string of the molecule is COc1ccc(C=NNc2nc(-c3ccccc3)cs2)cc1COc1cc(C)ccc1C. The molecule has 0 aliphatic rings. The van der Waals surface area contributed by atoms with Crippen molar-refractivity contribution >= 4 is 22.7 Å². The van der Waals surface area contributed by atoms with Crippen molar-refractivity contribution in [3.63, 3.8) is 0 Å². The quantitative estimate of drug-likeness (QED) is 0.251. The highest BCUT2D eigenvalue weighted by molar-refractivity contribution is 7.14. The Hall–Kier alpha value is -3.64. The van der Waals surface area contributed by atoms with Crippen molar-refractivity contribution in [2.24, 2.45) is 5.10 Å². The molecular formula is C26H25N3O2S. The molecule has 6 heteroatoms. The van der Waals surface area contributed by atoms with Gasteiger partial charge in [-0.15, -0.1) is 11.3 Å². The number of hydrogen-bond donors (Lipinski definition) is 1. The van der Waals surface area contributed by atoms with Gasteiger partial charge >= 0.3 is 0 Å². The summed E-state index contributed by atoms with van der Waals surface area (Å²) in [7, 11) is 1.67. The van der Waals surface area contributed by atoms with Crippen molar-refractivity contribution in [1.29, 1.82) is 0 Å². The van der Waals surface area contributed by atoms with Crippen molar-refractivity contribution in [3.05, 3.63) is 94.4 Å². The standard InChI is InChI=1S/C26H25N3O2S/c1-18-9-10-19(2)25(13-18)31-16-22-14-20(11-12-24(22)30-3)15-27-29-26-28-23(17-32-26)21-7-5-4-6-8-21/h4-15,17H,16H2,1-3H3,(H,28,29). The predicted octanol–water partition coefficient (Wildman–Crippen LogP) is 6.46. The van der Waals surface area contributed by atoms with Crippen LogP contribution in [0.25, 0.3) is 11.3 Å². The number of anilines is 1. The second kappa shape index (κ2) is 10.1. The molecule has 5 nitrogen and oxygen atoms in total. The molecule has 1 N–H and O–H groups in total. The number of hydrogen-bond acceptors (Lipinski definition) is 6. The van der Waals surface area contributed by atoms with E-state index in [-0.39, 0.29) is 0 Å². The van der Waals surface area contributed by atoms with Gasteiger partial charge in [0.15, 0.2) is 0 Å². The van der Waals surface area contributed by atoms with Gasteiger partial charge in [0.25, 0.3) is 0 Å². The minimum atomic E-state index is 0.412. The van der Waals surface area contributed by atoms with E-state index < -0.39 is 0 Å². The highest BCUT2D eigenvalue weighted by Crippen LogP contribution is 2.26. The van der Waals surface area contributed by atoms with E-state index in [0.717, 1.165) is 44.6 Å². The third-order valence-electron chi connectivity index (χ3n) is 4.98. The predicted molar refractivity (Wildman–Crippen MR) is 132 cm³/mol. The molecule has 162 valence electrons. The van der Waals surface area contributed by atoms with Crippen molar-refractivity contribution in [2.75, 3.05) is 12.5 Å². The summed E-state index contributed by atoms with van der Waals surface area (Å²) in [5.41, 5.74) is 9.21. The van der Waals surface area contributed by atoms with Crippen LogP contribution in [0.5, 0.6) is 11.5 Å². The molecule has 4 rings (SSSR count). The summed E-state index contributed by atoms with van der Waals surface area (Å²) in [6, 6.07) is 22.2. The molecule has 0 spiro atoms. The van der Waals surface area contributed by atoms with Crippen LogP contribution in [0.4, 0.5) is 5.13 Å². The monoisotopic (exact) mass is 443 g/mol. The van der Waals surface area contributed by atoms with Crippen molar-refractivity contribution in [3.8, 4) is 22.8 Å². The summed E-state index contributed by atoms with van der Waals surface area (Å²) in [6.07, 6.45) is 1.77. The molecule has 0 unspecified atom stereocenters. The van der Waals surface area contributed by atoms with Gasteiger partial charge in [0.05, 0.1) is 19.0 Å². The Morgan fingerprint density at radius 2 is 1.84 bits per heavy atom. The zero-order valence-corrected chi connectivity index (χ0v) is 19.1. The molecule has 1 heterocycles. The molecule has 0 aliphatic carbocycles. The van der Waals surface area contributed by atoms with Crippen LogP contribution in [-0.2, 0) is 6.61 Å². The Kier molecular flexibility index (Phi) is 6.82. The average Bonchev–Trinajstić information content (AvgIpc) is 3.29. The maximum atomic E-state index is 6.07. The number of benzene rings is 3. The van der Waals surface area contributed by atoms with E-state index in [2.05, 4.69) is 40.6 Å². The van der Waals surface area contributed by atoms with E-state index in [1.165, 1.54) is 16.9 Å². The first-order chi connectivity index (χ1) is 15.6. The van der Waals surface area contributed by atoms with E-state index in [4.69, 9.17) is 9.47 Å². The molecule has 0 radical (unpaired) electrons. The van der Waals surface area contributed by atoms with Crippen molar-refractivity contribution < 1.29 is 9.47 Å². The van der Waals surface area contributed by atoms with Crippen LogP contribution in [0, 0.1) is 13.8 Å². The summed E-state index contributed by atoms with van der Waals surface area (Å²) < 4.78 is 11.6. The minimum absolute atomic E-state index is 0.412. The van der Waals surface area contributed by atoms with Gasteiger partial charge in [-0.05, 0) is 54.8 Å². The Morgan fingerprint density at radius 3 is 2.66 bits per heavy atom. The van der Waals surface area contributed by atoms with Gasteiger partial charge in [0.1, 0.15) is 18.1 Å². The smallest absolute Gasteiger partial charge is 0.203 e. The number of nitrogens with one attached hydrogen (secondary N) is 1. The fraction of sp³-hybridized carbons (Fsp3) is 0.154. The Morgan fingerprint density at radius 1 is 1.00 bits per heavy atom. The van der Waals surface area contributed by atoms with Gasteiger partial charge in [-0.3, -0.25) is 5.43 Å². The third-order valence-corrected chi connectivity index (χ3v) is 5.73. The molecule has 4 aromatic rings. The number of rotatable bonds is 8. The van der Waals surface area contributed by atoms with Crippen LogP contribution in [0.2, 0.25) is 0 Å². The van der Waals surface area contributed by atoms with Crippen LogP contribution in [0.15, 0.2) is 77.2 Å². The summed E-state index contributed by atoms with van der Waals surface area (Å²) in [6.45, 7) is 4.51. The van der Waals surface area contributed by atoms with Crippen LogP contribution in [0.1, 0.15) is 22.3 Å². The molecule has 3 aromatic carbocycles. The second-order valence-corrected chi connectivity index (χ2v) is 8.26. The summed E-state index contributed by atoms with van der Waals surface area (Å²) in [4.78, 5) is 4.59. The normalized spacial score (nSPS) is 11.0. The van der Waals surface area contributed by atoms with E-state index in [0.29, 0.717) is 6.61 Å². The van der Waals surface area contributed by atoms with Gasteiger partial charge in [-0.1, -0.05) is 42.5 Å². The van der Waals surface area contributed by atoms with Gasteiger partial charge in [-0.2, -0.15) is 5.10 Å². The molecule has 1 aromatic heterocycles. The third kappa shape index (κ3) is 5.34. The van der Waals surface area contributed by atoms with Gasteiger partial charge in [0, 0.05) is 16.5 Å². The largest absolute Gasteiger partial charge is 0.496 e. The minimum Gasteiger partial charge on any atom is -0.496 e. The topological polar surface area (TPSA) is 55.7 Å². The lowest BCUT2D eigenvalue weighted by Gasteiger charge is -2.13. The molecule has 0 saturated carbocycles. The maximum absolute atomic E-state index is 6.07. The lowest BCUT2D eigenvalue weighted by atomic mass is 10.1. The summed E-state index contributed by atoms with van der Waals surface area (Å²) >= 11 is 1.52. The van der Waals surface area contributed by atoms with E-state index in [1.54, 1.807) is 13.3 Å². The Balaban J connectivity index is 1.43. The van der Waals surface area contributed by atoms with Crippen LogP contribution in [0.3, 0.4) is 0 Å². The van der Waals surface area contributed by atoms with E-state index in [1.807, 2.05) is 60.8 Å². The maximum Gasteiger partial charge on any atom is 0.203 e. The summed E-state index contributed by atoms with van der Waals surface area (Å²) in [5.74, 6) is 1.67. The van der Waals surface area contributed by atoms with Crippen LogP contribution < -0.4 is 14.9 Å². The van der Waals surface area contributed by atoms with E-state index >= 15 is 0 Å². The number of aromatic nitrogens is 1. The van der Waals surface area contributed by atoms with Gasteiger partial charge < -0.3 is 9.47 Å². The van der Waals surface area contributed by atoms with Crippen LogP contribution >= 0.6 is 11.3 Å². The number of methoxy groups -OCH3 is 1. The summed E-state index contributed by atoms with van der Waals surface area (Å²) in [5, 5.41) is 7.11. The lowest BCUT2D eigenvalue weighted by Crippen LogP contribution is -2.01. The van der Waals surface area contributed by atoms with Crippen molar-refractivity contribution in [1.82, 2.24) is 4.98 Å². The lowest BCUT2D eigenvalue weighted by molar-refractivity contribution is 0.294. The Labute approximate surface area is 192 Å². The molecule has 0 amide bonds. The molecule has 0 saturated heterocycles. The number of aryl methyl sites for hydroxylation is 2. The fourth-order valence-corrected chi connectivity index (χ4v) is 3.91. The van der Waals surface area contributed by atoms with Crippen LogP contribution in [-0.4, -0.2) is 18.3 Å². The molecule has 32 heavy (non-hydrogen) atoms. The number of thiazole rings is 1. The molecule has 0 fully saturated rings. The highest BCUT2D eigenvalue weighted by Gasteiger charge is 2.07. The number of nitrogens with zero attached hydrogens (tertiary/aromatic N) is 2. The molecule has 0 aliphatic heterocycles. The van der Waals surface area contributed by atoms with Crippen molar-refractivity contribution in [2.45, 2.75) is 20.5 Å². The molecular weight excluding hydrogens is 418 g/mol. The zero-order chi connectivity index (χ0) is 22.3. The van der Waals surface area contributed by atoms with Gasteiger partial charge in [-0.25, -0.2) is 4.98 Å². The second-order valence-electron chi connectivity index (χ2n) is 7.40. The van der Waals surface area contributed by atoms with Gasteiger partial charge in [0.2, 0.25) is 5.13 Å². The highest BCUT2D eigenvalue weighted by atomic mass is 32.1. The zero-order valence-electron chi connectivity index (χ0n) is 18.3. The molecule has 0 atom stereocenters. The first-order valence-electron chi connectivity index (χ1n) is 10.3. The van der Waals surface area contributed by atoms with E-state index in [9.17, 15) is 0 Å². The fourth-order valence-electron chi connectivity index (χ4n) is 3.24. The first-order valence-corrected chi connectivity index (χ1v) is 11.2. The first kappa shape index (κ1) is 21.6. The number of ether oxygens (including phenoxy) is 2. The molecule has 0 bridgehead atoms. The Bertz CT molecular complexity index is 1220. The number of hydrazone groups is 1. The average molecular weight is 444 g/mol.